The molecule has 2 amide bonds. The van der Waals surface area contributed by atoms with Crippen molar-refractivity contribution >= 4 is 23.4 Å². The van der Waals surface area contributed by atoms with Crippen molar-refractivity contribution in [2.75, 3.05) is 39.3 Å². The van der Waals surface area contributed by atoms with Gasteiger partial charge in [-0.1, -0.05) is 30.7 Å². The van der Waals surface area contributed by atoms with Crippen LogP contribution in [0, 0.1) is 0 Å². The summed E-state index contributed by atoms with van der Waals surface area (Å²) in [6, 6.07) is 7.68. The predicted octanol–water partition coefficient (Wildman–Crippen LogP) is 2.04. The molecule has 1 aliphatic heterocycles. The van der Waals surface area contributed by atoms with Crippen molar-refractivity contribution in [3.05, 3.63) is 34.9 Å². The van der Waals surface area contributed by atoms with Crippen LogP contribution in [0.1, 0.15) is 31.7 Å². The van der Waals surface area contributed by atoms with Gasteiger partial charge in [0, 0.05) is 37.7 Å². The number of hydrogen-bond donors (Lipinski definition) is 1. The normalized spacial score (nSPS) is 19.5. The van der Waals surface area contributed by atoms with Gasteiger partial charge in [-0.25, -0.2) is 0 Å². The van der Waals surface area contributed by atoms with Crippen LogP contribution in [0.15, 0.2) is 24.3 Å². The summed E-state index contributed by atoms with van der Waals surface area (Å²) in [5, 5.41) is 3.58. The largest absolute Gasteiger partial charge is 0.355 e. The van der Waals surface area contributed by atoms with Gasteiger partial charge < -0.3 is 10.2 Å². The summed E-state index contributed by atoms with van der Waals surface area (Å²) in [4.78, 5) is 28.9. The van der Waals surface area contributed by atoms with Crippen molar-refractivity contribution in [1.29, 1.82) is 0 Å². The first kappa shape index (κ1) is 18.2. The van der Waals surface area contributed by atoms with Crippen LogP contribution >= 0.6 is 11.6 Å². The third-order valence-electron chi connectivity index (χ3n) is 5.14. The van der Waals surface area contributed by atoms with E-state index in [1.165, 1.54) is 0 Å². The average molecular weight is 364 g/mol. The number of nitrogens with zero attached hydrogens (tertiary/aromatic N) is 2. The number of amides is 2. The van der Waals surface area contributed by atoms with Gasteiger partial charge in [0.2, 0.25) is 11.8 Å². The minimum absolute atomic E-state index is 0.0687. The molecule has 0 spiro atoms. The highest BCUT2D eigenvalue weighted by molar-refractivity contribution is 6.30. The highest BCUT2D eigenvalue weighted by Gasteiger charge is 2.53. The van der Waals surface area contributed by atoms with Crippen LogP contribution in [0.5, 0.6) is 0 Å². The highest BCUT2D eigenvalue weighted by atomic mass is 35.5. The van der Waals surface area contributed by atoms with Gasteiger partial charge in [-0.2, -0.15) is 0 Å². The monoisotopic (exact) mass is 363 g/mol. The summed E-state index contributed by atoms with van der Waals surface area (Å²) in [5.41, 5.74) is 0.664. The highest BCUT2D eigenvalue weighted by Crippen LogP contribution is 2.50. The molecule has 1 N–H and O–H groups in total. The van der Waals surface area contributed by atoms with Crippen LogP contribution < -0.4 is 5.32 Å². The minimum atomic E-state index is -0.369. The van der Waals surface area contributed by atoms with Crippen LogP contribution in [-0.2, 0) is 15.0 Å². The van der Waals surface area contributed by atoms with Crippen molar-refractivity contribution in [3.8, 4) is 0 Å². The smallest absolute Gasteiger partial charge is 0.234 e. The van der Waals surface area contributed by atoms with Crippen molar-refractivity contribution in [3.63, 3.8) is 0 Å². The van der Waals surface area contributed by atoms with Gasteiger partial charge in [0.1, 0.15) is 0 Å². The number of rotatable bonds is 6. The summed E-state index contributed by atoms with van der Waals surface area (Å²) >= 11 is 6.10. The second-order valence-corrected chi connectivity index (χ2v) is 7.45. The maximum Gasteiger partial charge on any atom is 0.234 e. The number of carbonyl (C=O) groups is 2. The van der Waals surface area contributed by atoms with Gasteiger partial charge in [0.05, 0.1) is 12.0 Å². The molecule has 2 fully saturated rings. The van der Waals surface area contributed by atoms with E-state index in [0.29, 0.717) is 24.7 Å². The van der Waals surface area contributed by atoms with Gasteiger partial charge in [-0.3, -0.25) is 14.5 Å². The van der Waals surface area contributed by atoms with Crippen LogP contribution in [0.25, 0.3) is 0 Å². The van der Waals surface area contributed by atoms with E-state index in [0.717, 1.165) is 44.5 Å². The lowest BCUT2D eigenvalue weighted by molar-refractivity contribution is -0.136. The molecule has 1 aromatic carbocycles. The predicted molar refractivity (Wildman–Crippen MR) is 98.7 cm³/mol. The Morgan fingerprint density at radius 1 is 1.20 bits per heavy atom. The summed E-state index contributed by atoms with van der Waals surface area (Å²) < 4.78 is 0. The summed E-state index contributed by atoms with van der Waals surface area (Å²) in [6.45, 7) is 6.04. The van der Waals surface area contributed by atoms with E-state index < -0.39 is 0 Å². The fourth-order valence-corrected chi connectivity index (χ4v) is 3.66. The first-order valence-electron chi connectivity index (χ1n) is 9.09. The number of carbonyl (C=O) groups excluding carboxylic acids is 2. The SMILES string of the molecule is CCCNC(=O)CN1CCN(C(=O)C2(c3cccc(Cl)c3)CC2)CC1. The molecule has 0 bridgehead atoms. The van der Waals surface area contributed by atoms with Crippen LogP contribution in [0.4, 0.5) is 0 Å². The lowest BCUT2D eigenvalue weighted by atomic mass is 9.94. The van der Waals surface area contributed by atoms with Gasteiger partial charge in [0.15, 0.2) is 0 Å². The Bertz CT molecular complexity index is 637. The zero-order valence-electron chi connectivity index (χ0n) is 14.8. The third kappa shape index (κ3) is 4.15. The second-order valence-electron chi connectivity index (χ2n) is 7.01. The Kier molecular flexibility index (Phi) is 5.64. The molecule has 3 rings (SSSR count). The number of nitrogens with one attached hydrogen (secondary N) is 1. The van der Waals surface area contributed by atoms with Gasteiger partial charge in [-0.05, 0) is 37.0 Å². The number of benzene rings is 1. The number of halogens is 1. The minimum Gasteiger partial charge on any atom is -0.355 e. The fourth-order valence-electron chi connectivity index (χ4n) is 3.47. The molecule has 1 heterocycles. The van der Waals surface area contributed by atoms with Gasteiger partial charge in [-0.15, -0.1) is 0 Å². The first-order valence-corrected chi connectivity index (χ1v) is 9.47. The number of piperazine rings is 1. The molecular formula is C19H26ClN3O2. The molecule has 1 aliphatic carbocycles. The standard InChI is InChI=1S/C19H26ClN3O2/c1-2-8-21-17(24)14-22-9-11-23(12-10-22)18(25)19(6-7-19)15-4-3-5-16(20)13-15/h3-5,13H,2,6-12,14H2,1H3,(H,21,24). The Labute approximate surface area is 154 Å². The summed E-state index contributed by atoms with van der Waals surface area (Å²) in [5.74, 6) is 0.282. The van der Waals surface area contributed by atoms with E-state index in [2.05, 4.69) is 10.2 Å². The lowest BCUT2D eigenvalue weighted by Gasteiger charge is -2.36. The lowest BCUT2D eigenvalue weighted by Crippen LogP contribution is -2.53. The van der Waals surface area contributed by atoms with Crippen molar-refractivity contribution in [2.45, 2.75) is 31.6 Å². The maximum atomic E-state index is 13.0. The van der Waals surface area contributed by atoms with Gasteiger partial charge in [0.25, 0.3) is 0 Å². The van der Waals surface area contributed by atoms with Gasteiger partial charge >= 0.3 is 0 Å². The van der Waals surface area contributed by atoms with E-state index in [1.54, 1.807) is 0 Å². The quantitative estimate of drug-likeness (QED) is 0.841. The zero-order valence-corrected chi connectivity index (χ0v) is 15.5. The summed E-state index contributed by atoms with van der Waals surface area (Å²) in [6.07, 6.45) is 2.73. The molecule has 0 radical (unpaired) electrons. The summed E-state index contributed by atoms with van der Waals surface area (Å²) in [7, 11) is 0. The zero-order chi connectivity index (χ0) is 17.9. The van der Waals surface area contributed by atoms with Crippen molar-refractivity contribution in [1.82, 2.24) is 15.1 Å². The maximum absolute atomic E-state index is 13.0. The molecule has 0 aromatic heterocycles. The fraction of sp³-hybridized carbons (Fsp3) is 0.579. The third-order valence-corrected chi connectivity index (χ3v) is 5.37. The topological polar surface area (TPSA) is 52.7 Å². The molecular weight excluding hydrogens is 338 g/mol. The molecule has 0 atom stereocenters. The molecule has 25 heavy (non-hydrogen) atoms. The van der Waals surface area contributed by atoms with Crippen LogP contribution in [0.2, 0.25) is 5.02 Å². The molecule has 0 unspecified atom stereocenters. The molecule has 5 nitrogen and oxygen atoms in total. The first-order chi connectivity index (χ1) is 12.0. The average Bonchev–Trinajstić information content (AvgIpc) is 3.42. The van der Waals surface area contributed by atoms with E-state index in [9.17, 15) is 9.59 Å². The molecule has 1 saturated carbocycles. The molecule has 1 aromatic rings. The van der Waals surface area contributed by atoms with E-state index >= 15 is 0 Å². The molecule has 2 aliphatic rings. The molecule has 1 saturated heterocycles. The van der Waals surface area contributed by atoms with E-state index in [-0.39, 0.29) is 17.2 Å². The molecule has 136 valence electrons. The Hall–Kier alpha value is -1.59. The second kappa shape index (κ2) is 7.75. The number of hydrogen-bond acceptors (Lipinski definition) is 3. The Morgan fingerprint density at radius 2 is 1.92 bits per heavy atom. The Morgan fingerprint density at radius 3 is 2.52 bits per heavy atom. The van der Waals surface area contributed by atoms with Crippen molar-refractivity contribution < 1.29 is 9.59 Å². The Balaban J connectivity index is 1.54. The van der Waals surface area contributed by atoms with Crippen LogP contribution in [0.3, 0.4) is 0 Å². The molecule has 6 heteroatoms. The van der Waals surface area contributed by atoms with Crippen molar-refractivity contribution in [2.24, 2.45) is 0 Å². The van der Waals surface area contributed by atoms with E-state index in [1.807, 2.05) is 36.1 Å². The van der Waals surface area contributed by atoms with Crippen LogP contribution in [-0.4, -0.2) is 60.9 Å². The van der Waals surface area contributed by atoms with E-state index in [4.69, 9.17) is 11.6 Å².